The summed E-state index contributed by atoms with van der Waals surface area (Å²) in [6.45, 7) is 2.26. The number of hydrogen-bond donors (Lipinski definition) is 2. The first-order chi connectivity index (χ1) is 10.9. The maximum atomic E-state index is 13.1. The van der Waals surface area contributed by atoms with Crippen LogP contribution in [-0.2, 0) is 9.59 Å². The lowest BCUT2D eigenvalue weighted by atomic mass is 10.3. The number of nitrogens with one attached hydrogen (secondary N) is 2. The topological polar surface area (TPSA) is 71.1 Å². The van der Waals surface area contributed by atoms with E-state index < -0.39 is 11.6 Å². The lowest BCUT2D eigenvalue weighted by molar-refractivity contribution is -0.122. The molecule has 0 spiro atoms. The Bertz CT molecular complexity index is 738. The highest BCUT2D eigenvalue weighted by molar-refractivity contribution is 7.22. The lowest BCUT2D eigenvalue weighted by Gasteiger charge is -2.04. The maximum Gasteiger partial charge on any atom is 0.227 e. The molecule has 1 fully saturated rings. The molecule has 3 rings (SSSR count). The zero-order valence-corrected chi connectivity index (χ0v) is 13.2. The lowest BCUT2D eigenvalue weighted by Crippen LogP contribution is -2.29. The van der Waals surface area contributed by atoms with E-state index in [1.165, 1.54) is 0 Å². The molecule has 23 heavy (non-hydrogen) atoms. The van der Waals surface area contributed by atoms with Gasteiger partial charge in [-0.1, -0.05) is 18.3 Å². The van der Waals surface area contributed by atoms with E-state index in [-0.39, 0.29) is 35.8 Å². The fourth-order valence-corrected chi connectivity index (χ4v) is 3.17. The molecule has 1 aliphatic carbocycles. The average molecular weight is 339 g/mol. The molecule has 2 amide bonds. The Morgan fingerprint density at radius 3 is 2.74 bits per heavy atom. The van der Waals surface area contributed by atoms with Crippen LogP contribution in [0.1, 0.15) is 19.8 Å². The van der Waals surface area contributed by atoms with Crippen molar-refractivity contribution in [2.24, 2.45) is 11.8 Å². The minimum atomic E-state index is -0.974. The van der Waals surface area contributed by atoms with Crippen LogP contribution in [0.25, 0.3) is 10.2 Å². The van der Waals surface area contributed by atoms with Crippen molar-refractivity contribution < 1.29 is 18.4 Å². The molecule has 2 aromatic rings. The van der Waals surface area contributed by atoms with Gasteiger partial charge in [-0.05, 0) is 18.4 Å². The second-order valence-electron chi connectivity index (χ2n) is 5.66. The molecule has 0 bridgehead atoms. The highest BCUT2D eigenvalue weighted by atomic mass is 32.1. The van der Waals surface area contributed by atoms with Crippen molar-refractivity contribution in [2.75, 3.05) is 11.9 Å². The normalized spacial score (nSPS) is 19.6. The van der Waals surface area contributed by atoms with E-state index >= 15 is 0 Å². The van der Waals surface area contributed by atoms with E-state index in [4.69, 9.17) is 0 Å². The fraction of sp³-hybridized carbons (Fsp3) is 0.400. The van der Waals surface area contributed by atoms with Gasteiger partial charge in [0.15, 0.2) is 16.8 Å². The molecule has 0 unspecified atom stereocenters. The summed E-state index contributed by atoms with van der Waals surface area (Å²) in [5, 5.41) is 5.56. The molecule has 122 valence electrons. The molecular weight excluding hydrogens is 324 g/mol. The van der Waals surface area contributed by atoms with Crippen LogP contribution in [-0.4, -0.2) is 23.3 Å². The van der Waals surface area contributed by atoms with Crippen molar-refractivity contribution in [3.63, 3.8) is 0 Å². The predicted octanol–water partition coefficient (Wildman–Crippen LogP) is 2.68. The fourth-order valence-electron chi connectivity index (χ4n) is 2.28. The van der Waals surface area contributed by atoms with Crippen LogP contribution in [0.15, 0.2) is 12.1 Å². The van der Waals surface area contributed by atoms with Gasteiger partial charge in [0.25, 0.3) is 0 Å². The van der Waals surface area contributed by atoms with Crippen LogP contribution >= 0.6 is 11.3 Å². The van der Waals surface area contributed by atoms with Gasteiger partial charge in [-0.3, -0.25) is 9.59 Å². The summed E-state index contributed by atoms with van der Waals surface area (Å²) < 4.78 is 26.7. The van der Waals surface area contributed by atoms with Crippen molar-refractivity contribution in [3.8, 4) is 0 Å². The Hall–Kier alpha value is -2.09. The standard InChI is InChI=1S/C15H15F2N3O2S/c1-7-4-8(7)14(22)18-3-2-13(21)20-15-19-11-5-9(16)10(17)6-12(11)23-15/h5-8H,2-4H2,1H3,(H,18,22)(H,19,20,21)/t7-,8-/m1/s1. The molecule has 1 aromatic carbocycles. The SMILES string of the molecule is C[C@@H]1C[C@H]1C(=O)NCCC(=O)Nc1nc2cc(F)c(F)cc2s1. The molecular formula is C15H15F2N3O2S. The van der Waals surface area contributed by atoms with E-state index in [2.05, 4.69) is 15.6 Å². The average Bonchev–Trinajstić information content (AvgIpc) is 3.09. The van der Waals surface area contributed by atoms with Crippen LogP contribution in [0.4, 0.5) is 13.9 Å². The van der Waals surface area contributed by atoms with Gasteiger partial charge in [0, 0.05) is 24.9 Å². The van der Waals surface area contributed by atoms with E-state index in [9.17, 15) is 18.4 Å². The number of fused-ring (bicyclic) bond motifs is 1. The van der Waals surface area contributed by atoms with E-state index in [1.54, 1.807) is 0 Å². The third kappa shape index (κ3) is 3.64. The first-order valence-electron chi connectivity index (χ1n) is 7.27. The van der Waals surface area contributed by atoms with Crippen LogP contribution in [0.5, 0.6) is 0 Å². The summed E-state index contributed by atoms with van der Waals surface area (Å²) in [4.78, 5) is 27.5. The number of thiazole rings is 1. The Morgan fingerprint density at radius 1 is 1.35 bits per heavy atom. The largest absolute Gasteiger partial charge is 0.355 e. The molecule has 2 atom stereocenters. The second-order valence-corrected chi connectivity index (χ2v) is 6.69. The zero-order valence-electron chi connectivity index (χ0n) is 12.4. The summed E-state index contributed by atoms with van der Waals surface area (Å²) in [6.07, 6.45) is 1.02. The van der Waals surface area contributed by atoms with Crippen LogP contribution in [0.3, 0.4) is 0 Å². The smallest absolute Gasteiger partial charge is 0.227 e. The van der Waals surface area contributed by atoms with Crippen molar-refractivity contribution in [1.82, 2.24) is 10.3 Å². The number of halogens is 2. The third-order valence-corrected chi connectivity index (χ3v) is 4.71. The van der Waals surface area contributed by atoms with E-state index in [0.717, 1.165) is 29.9 Å². The Kier molecular flexibility index (Phi) is 4.25. The number of rotatable bonds is 5. The number of amides is 2. The molecule has 1 aliphatic rings. The van der Waals surface area contributed by atoms with Crippen molar-refractivity contribution in [1.29, 1.82) is 0 Å². The van der Waals surface area contributed by atoms with Gasteiger partial charge in [0.2, 0.25) is 11.8 Å². The summed E-state index contributed by atoms with van der Waals surface area (Å²) in [5.41, 5.74) is 0.292. The first kappa shape index (κ1) is 15.8. The highest BCUT2D eigenvalue weighted by Gasteiger charge is 2.38. The molecule has 1 saturated carbocycles. The van der Waals surface area contributed by atoms with Gasteiger partial charge in [-0.15, -0.1) is 0 Å². The van der Waals surface area contributed by atoms with E-state index in [0.29, 0.717) is 16.1 Å². The summed E-state index contributed by atoms with van der Waals surface area (Å²) >= 11 is 1.07. The maximum absolute atomic E-state index is 13.1. The van der Waals surface area contributed by atoms with E-state index in [1.807, 2.05) is 6.92 Å². The van der Waals surface area contributed by atoms with Gasteiger partial charge in [-0.25, -0.2) is 13.8 Å². The first-order valence-corrected chi connectivity index (χ1v) is 8.09. The summed E-state index contributed by atoms with van der Waals surface area (Å²) in [6, 6.07) is 2.04. The molecule has 0 radical (unpaired) electrons. The predicted molar refractivity (Wildman–Crippen MR) is 83.1 cm³/mol. The Morgan fingerprint density at radius 2 is 2.04 bits per heavy atom. The number of anilines is 1. The number of hydrogen-bond acceptors (Lipinski definition) is 4. The molecule has 8 heteroatoms. The van der Waals surface area contributed by atoms with Gasteiger partial charge in [-0.2, -0.15) is 0 Å². The second kappa shape index (κ2) is 6.19. The number of nitrogens with zero attached hydrogens (tertiary/aromatic N) is 1. The molecule has 1 heterocycles. The highest BCUT2D eigenvalue weighted by Crippen LogP contribution is 2.37. The number of aromatic nitrogens is 1. The summed E-state index contributed by atoms with van der Waals surface area (Å²) in [7, 11) is 0. The minimum Gasteiger partial charge on any atom is -0.355 e. The molecule has 5 nitrogen and oxygen atoms in total. The monoisotopic (exact) mass is 339 g/mol. The molecule has 1 aromatic heterocycles. The van der Waals surface area contributed by atoms with Crippen molar-refractivity contribution >= 4 is 38.5 Å². The van der Waals surface area contributed by atoms with Crippen LogP contribution in [0.2, 0.25) is 0 Å². The minimum absolute atomic E-state index is 0.0174. The van der Waals surface area contributed by atoms with Gasteiger partial charge in [0.05, 0.1) is 10.2 Å². The number of carbonyl (C=O) groups excluding carboxylic acids is 2. The molecule has 2 N–H and O–H groups in total. The number of carbonyl (C=O) groups is 2. The Labute approximate surface area is 135 Å². The summed E-state index contributed by atoms with van der Waals surface area (Å²) in [5.74, 6) is -1.75. The third-order valence-electron chi connectivity index (χ3n) is 3.77. The Balaban J connectivity index is 1.52. The molecule has 0 saturated heterocycles. The van der Waals surface area contributed by atoms with Crippen LogP contribution in [0, 0.1) is 23.5 Å². The van der Waals surface area contributed by atoms with Crippen molar-refractivity contribution in [2.45, 2.75) is 19.8 Å². The zero-order chi connectivity index (χ0) is 16.6. The molecule has 0 aliphatic heterocycles. The van der Waals surface area contributed by atoms with Crippen molar-refractivity contribution in [3.05, 3.63) is 23.8 Å². The van der Waals surface area contributed by atoms with Gasteiger partial charge >= 0.3 is 0 Å². The van der Waals surface area contributed by atoms with Gasteiger partial charge < -0.3 is 10.6 Å². The van der Waals surface area contributed by atoms with Crippen LogP contribution < -0.4 is 10.6 Å². The van der Waals surface area contributed by atoms with Gasteiger partial charge in [0.1, 0.15) is 0 Å². The number of benzene rings is 1. The quantitative estimate of drug-likeness (QED) is 0.880.